The number of aromatic nitrogens is 1. The fourth-order valence-corrected chi connectivity index (χ4v) is 2.82. The molecule has 1 aromatic carbocycles. The molecule has 2 aromatic rings. The Balaban J connectivity index is 2.01. The number of aryl methyl sites for hydroxylation is 1. The van der Waals surface area contributed by atoms with Gasteiger partial charge in [0.2, 0.25) is 0 Å². The van der Waals surface area contributed by atoms with Crippen molar-refractivity contribution in [2.45, 2.75) is 44.2 Å². The summed E-state index contributed by atoms with van der Waals surface area (Å²) in [4.78, 5) is 0. The lowest BCUT2D eigenvalue weighted by atomic mass is 10.0. The minimum absolute atomic E-state index is 0.0202. The van der Waals surface area contributed by atoms with Crippen molar-refractivity contribution in [3.05, 3.63) is 35.5 Å². The highest BCUT2D eigenvalue weighted by atomic mass is 15.0. The SMILES string of the molecule is Cc1ccc2c(C3(N)CC3)cn(C3CC3)c2c1. The lowest BCUT2D eigenvalue weighted by Crippen LogP contribution is -2.18. The Morgan fingerprint density at radius 3 is 2.71 bits per heavy atom. The van der Waals surface area contributed by atoms with Crippen LogP contribution in [0.15, 0.2) is 24.4 Å². The average molecular weight is 226 g/mol. The number of hydrogen-bond acceptors (Lipinski definition) is 1. The van der Waals surface area contributed by atoms with Crippen LogP contribution in [0.3, 0.4) is 0 Å². The van der Waals surface area contributed by atoms with Crippen LogP contribution in [0.4, 0.5) is 0 Å². The molecule has 0 radical (unpaired) electrons. The van der Waals surface area contributed by atoms with Crippen molar-refractivity contribution in [3.8, 4) is 0 Å². The molecule has 0 amide bonds. The van der Waals surface area contributed by atoms with Crippen LogP contribution < -0.4 is 5.73 Å². The summed E-state index contributed by atoms with van der Waals surface area (Å²) in [5.74, 6) is 0. The molecule has 0 spiro atoms. The zero-order valence-electron chi connectivity index (χ0n) is 10.2. The van der Waals surface area contributed by atoms with Gasteiger partial charge in [-0.1, -0.05) is 12.1 Å². The molecule has 1 heterocycles. The third-order valence-electron chi connectivity index (χ3n) is 4.26. The molecule has 0 atom stereocenters. The normalized spacial score (nSPS) is 22.0. The highest BCUT2D eigenvalue weighted by Gasteiger charge is 2.42. The molecule has 2 aliphatic carbocycles. The van der Waals surface area contributed by atoms with E-state index in [4.69, 9.17) is 5.73 Å². The van der Waals surface area contributed by atoms with Gasteiger partial charge in [0.25, 0.3) is 0 Å². The van der Waals surface area contributed by atoms with Gasteiger partial charge in [-0.05, 0) is 49.8 Å². The van der Waals surface area contributed by atoms with Crippen molar-refractivity contribution in [3.63, 3.8) is 0 Å². The molecule has 2 fully saturated rings. The largest absolute Gasteiger partial charge is 0.344 e. The van der Waals surface area contributed by atoms with Gasteiger partial charge in [0, 0.05) is 28.7 Å². The first-order chi connectivity index (χ1) is 8.17. The highest BCUT2D eigenvalue weighted by molar-refractivity contribution is 5.86. The number of benzene rings is 1. The predicted octanol–water partition coefficient (Wildman–Crippen LogP) is 3.23. The molecule has 2 saturated carbocycles. The van der Waals surface area contributed by atoms with Crippen LogP contribution in [0.1, 0.15) is 42.9 Å². The van der Waals surface area contributed by atoms with Crippen molar-refractivity contribution in [2.75, 3.05) is 0 Å². The quantitative estimate of drug-likeness (QED) is 0.837. The van der Waals surface area contributed by atoms with Crippen LogP contribution in [0, 0.1) is 6.92 Å². The monoisotopic (exact) mass is 226 g/mol. The molecule has 0 saturated heterocycles. The number of rotatable bonds is 2. The lowest BCUT2D eigenvalue weighted by Gasteiger charge is -2.06. The molecule has 2 heteroatoms. The molecule has 0 unspecified atom stereocenters. The van der Waals surface area contributed by atoms with Crippen LogP contribution in [0.5, 0.6) is 0 Å². The van der Waals surface area contributed by atoms with E-state index in [0.717, 1.165) is 18.9 Å². The molecule has 2 N–H and O–H groups in total. The summed E-state index contributed by atoms with van der Waals surface area (Å²) in [6.45, 7) is 2.17. The second-order valence-corrected chi connectivity index (χ2v) is 5.86. The van der Waals surface area contributed by atoms with Crippen molar-refractivity contribution >= 4 is 10.9 Å². The summed E-state index contributed by atoms with van der Waals surface area (Å²) in [5, 5.41) is 1.38. The number of nitrogens with zero attached hydrogens (tertiary/aromatic N) is 1. The zero-order chi connectivity index (χ0) is 11.6. The van der Waals surface area contributed by atoms with Gasteiger partial charge in [-0.3, -0.25) is 0 Å². The van der Waals surface area contributed by atoms with Crippen molar-refractivity contribution < 1.29 is 0 Å². The third kappa shape index (κ3) is 1.37. The van der Waals surface area contributed by atoms with E-state index in [1.807, 2.05) is 0 Å². The maximum atomic E-state index is 6.39. The first-order valence-electron chi connectivity index (χ1n) is 6.58. The van der Waals surface area contributed by atoms with E-state index in [2.05, 4.69) is 35.9 Å². The van der Waals surface area contributed by atoms with Gasteiger partial charge in [0.1, 0.15) is 0 Å². The van der Waals surface area contributed by atoms with Crippen molar-refractivity contribution in [1.29, 1.82) is 0 Å². The van der Waals surface area contributed by atoms with Gasteiger partial charge >= 0.3 is 0 Å². The molecule has 0 aliphatic heterocycles. The maximum Gasteiger partial charge on any atom is 0.0489 e. The van der Waals surface area contributed by atoms with E-state index < -0.39 is 0 Å². The Hall–Kier alpha value is -1.28. The fraction of sp³-hybridized carbons (Fsp3) is 0.467. The predicted molar refractivity (Wildman–Crippen MR) is 70.0 cm³/mol. The minimum atomic E-state index is -0.0202. The molecule has 17 heavy (non-hydrogen) atoms. The van der Waals surface area contributed by atoms with Crippen LogP contribution in [-0.2, 0) is 5.54 Å². The van der Waals surface area contributed by atoms with Gasteiger partial charge in [0.05, 0.1) is 0 Å². The van der Waals surface area contributed by atoms with E-state index in [-0.39, 0.29) is 5.54 Å². The standard InChI is InChI=1S/C15H18N2/c1-10-2-5-12-13(15(16)6-7-15)9-17(11-3-4-11)14(12)8-10/h2,5,8-9,11H,3-4,6-7,16H2,1H3. The van der Waals surface area contributed by atoms with Crippen LogP contribution in [0.25, 0.3) is 10.9 Å². The fourth-order valence-electron chi connectivity index (χ4n) is 2.82. The molecule has 2 nitrogen and oxygen atoms in total. The second kappa shape index (κ2) is 2.94. The molecule has 4 rings (SSSR count). The summed E-state index contributed by atoms with van der Waals surface area (Å²) in [6, 6.07) is 7.50. The molecule has 2 aliphatic rings. The Morgan fingerprint density at radius 1 is 1.29 bits per heavy atom. The molecule has 1 aromatic heterocycles. The van der Waals surface area contributed by atoms with E-state index in [1.54, 1.807) is 0 Å². The summed E-state index contributed by atoms with van der Waals surface area (Å²) in [5.41, 5.74) is 10.5. The van der Waals surface area contributed by atoms with Gasteiger partial charge in [0.15, 0.2) is 0 Å². The Labute approximate surface area is 101 Å². The van der Waals surface area contributed by atoms with Gasteiger partial charge in [-0.25, -0.2) is 0 Å². The lowest BCUT2D eigenvalue weighted by molar-refractivity contribution is 0.721. The number of fused-ring (bicyclic) bond motifs is 1. The highest BCUT2D eigenvalue weighted by Crippen LogP contribution is 2.48. The summed E-state index contributed by atoms with van der Waals surface area (Å²) >= 11 is 0. The molecule has 88 valence electrons. The van der Waals surface area contributed by atoms with E-state index in [1.165, 1.54) is 34.9 Å². The first kappa shape index (κ1) is 9.72. The zero-order valence-corrected chi connectivity index (χ0v) is 10.2. The smallest absolute Gasteiger partial charge is 0.0489 e. The molecular weight excluding hydrogens is 208 g/mol. The number of nitrogens with two attached hydrogens (primary N) is 1. The Morgan fingerprint density at radius 2 is 2.06 bits per heavy atom. The van der Waals surface area contributed by atoms with Crippen LogP contribution >= 0.6 is 0 Å². The maximum absolute atomic E-state index is 6.39. The first-order valence-corrected chi connectivity index (χ1v) is 6.58. The summed E-state index contributed by atoms with van der Waals surface area (Å²) in [6.07, 6.45) is 7.27. The molecular formula is C15H18N2. The van der Waals surface area contributed by atoms with E-state index in [9.17, 15) is 0 Å². The van der Waals surface area contributed by atoms with Crippen LogP contribution in [-0.4, -0.2) is 4.57 Å². The average Bonchev–Trinajstić information content (AvgIpc) is 3.21. The Bertz CT molecular complexity index is 601. The van der Waals surface area contributed by atoms with E-state index >= 15 is 0 Å². The minimum Gasteiger partial charge on any atom is -0.344 e. The van der Waals surface area contributed by atoms with Crippen molar-refractivity contribution in [1.82, 2.24) is 4.57 Å². The van der Waals surface area contributed by atoms with Crippen molar-refractivity contribution in [2.24, 2.45) is 5.73 Å². The summed E-state index contributed by atoms with van der Waals surface area (Å²) < 4.78 is 2.46. The molecule has 0 bridgehead atoms. The third-order valence-corrected chi connectivity index (χ3v) is 4.26. The van der Waals surface area contributed by atoms with Gasteiger partial charge < -0.3 is 10.3 Å². The van der Waals surface area contributed by atoms with Crippen LogP contribution in [0.2, 0.25) is 0 Å². The Kier molecular flexibility index (Phi) is 1.68. The summed E-state index contributed by atoms with van der Waals surface area (Å²) in [7, 11) is 0. The number of hydrogen-bond donors (Lipinski definition) is 1. The topological polar surface area (TPSA) is 30.9 Å². The van der Waals surface area contributed by atoms with Gasteiger partial charge in [-0.15, -0.1) is 0 Å². The van der Waals surface area contributed by atoms with Gasteiger partial charge in [-0.2, -0.15) is 0 Å². The van der Waals surface area contributed by atoms with E-state index in [0.29, 0.717) is 0 Å². The second-order valence-electron chi connectivity index (χ2n) is 5.86.